The number of likely N-dealkylation sites (N-methyl/N-ethyl adjacent to an activating group) is 1. The molecule has 0 radical (unpaired) electrons. The standard InChI is InChI=1S/C19H26N6O3/c1-11-17(26)25-7-3-5-13-15(25)16(23(11)2)22-19(21-13)20-12-9-24(10-12)18(27)14-6-4-8-28-14/h11-12,14H,3-10H2,1-2H3,(H,20,21,22)/t11?,14-/m0/s1. The molecule has 2 amide bonds. The Morgan fingerprint density at radius 1 is 1.25 bits per heavy atom. The number of likely N-dealkylation sites (tertiary alicyclic amines) is 1. The van der Waals surface area contributed by atoms with Crippen molar-refractivity contribution < 1.29 is 14.3 Å². The van der Waals surface area contributed by atoms with Gasteiger partial charge in [0.2, 0.25) is 11.9 Å². The van der Waals surface area contributed by atoms with Crippen molar-refractivity contribution in [2.24, 2.45) is 0 Å². The van der Waals surface area contributed by atoms with Crippen LogP contribution in [0.4, 0.5) is 17.5 Å². The molecule has 1 aromatic rings. The number of hydrogen-bond donors (Lipinski definition) is 1. The minimum atomic E-state index is -0.260. The lowest BCUT2D eigenvalue weighted by molar-refractivity contribution is -0.145. The van der Waals surface area contributed by atoms with Crippen LogP contribution in [0, 0.1) is 0 Å². The Labute approximate surface area is 164 Å². The Kier molecular flexibility index (Phi) is 4.15. The lowest BCUT2D eigenvalue weighted by Gasteiger charge is -2.43. The summed E-state index contributed by atoms with van der Waals surface area (Å²) in [4.78, 5) is 40.0. The summed E-state index contributed by atoms with van der Waals surface area (Å²) >= 11 is 0. The molecule has 5 heterocycles. The molecule has 1 N–H and O–H groups in total. The number of aromatic nitrogens is 2. The van der Waals surface area contributed by atoms with E-state index >= 15 is 0 Å². The van der Waals surface area contributed by atoms with E-state index in [2.05, 4.69) is 5.32 Å². The number of rotatable bonds is 3. The van der Waals surface area contributed by atoms with Crippen molar-refractivity contribution in [3.63, 3.8) is 0 Å². The normalized spacial score (nSPS) is 26.9. The number of carbonyl (C=O) groups is 2. The molecule has 2 fully saturated rings. The highest BCUT2D eigenvalue weighted by Crippen LogP contribution is 2.39. The lowest BCUT2D eigenvalue weighted by Crippen LogP contribution is -2.59. The van der Waals surface area contributed by atoms with Crippen LogP contribution < -0.4 is 15.1 Å². The number of carbonyl (C=O) groups excluding carboxylic acids is 2. The fourth-order valence-electron chi connectivity index (χ4n) is 4.47. The molecule has 4 aliphatic heterocycles. The molecule has 9 heteroatoms. The molecule has 1 aromatic heterocycles. The molecule has 0 aromatic carbocycles. The zero-order valence-electron chi connectivity index (χ0n) is 16.3. The summed E-state index contributed by atoms with van der Waals surface area (Å²) in [6.07, 6.45) is 3.29. The maximum atomic E-state index is 12.6. The van der Waals surface area contributed by atoms with Gasteiger partial charge in [-0.15, -0.1) is 0 Å². The number of nitrogens with one attached hydrogen (secondary N) is 1. The van der Waals surface area contributed by atoms with Gasteiger partial charge in [-0.3, -0.25) is 9.59 Å². The van der Waals surface area contributed by atoms with E-state index in [0.717, 1.165) is 49.4 Å². The largest absolute Gasteiger partial charge is 0.368 e. The molecule has 2 saturated heterocycles. The van der Waals surface area contributed by atoms with Gasteiger partial charge in [-0.05, 0) is 32.6 Å². The van der Waals surface area contributed by atoms with Crippen LogP contribution in [0.15, 0.2) is 0 Å². The fourth-order valence-corrected chi connectivity index (χ4v) is 4.47. The van der Waals surface area contributed by atoms with Gasteiger partial charge >= 0.3 is 0 Å². The molecular weight excluding hydrogens is 360 g/mol. The molecule has 150 valence electrons. The average molecular weight is 386 g/mol. The highest BCUT2D eigenvalue weighted by atomic mass is 16.5. The van der Waals surface area contributed by atoms with E-state index in [-0.39, 0.29) is 30.0 Å². The minimum Gasteiger partial charge on any atom is -0.368 e. The Morgan fingerprint density at radius 3 is 2.82 bits per heavy atom. The molecule has 2 atom stereocenters. The molecule has 0 aliphatic carbocycles. The number of ether oxygens (including phenoxy) is 1. The minimum absolute atomic E-state index is 0.0970. The van der Waals surface area contributed by atoms with Gasteiger partial charge in [0.25, 0.3) is 5.91 Å². The van der Waals surface area contributed by atoms with Crippen molar-refractivity contribution in [3.8, 4) is 0 Å². The van der Waals surface area contributed by atoms with Crippen molar-refractivity contribution >= 4 is 29.3 Å². The van der Waals surface area contributed by atoms with Gasteiger partial charge in [0.15, 0.2) is 5.82 Å². The zero-order chi connectivity index (χ0) is 19.4. The summed E-state index contributed by atoms with van der Waals surface area (Å²) in [6, 6.07) is -0.0901. The highest BCUT2D eigenvalue weighted by molar-refractivity contribution is 6.05. The van der Waals surface area contributed by atoms with E-state index < -0.39 is 0 Å². The van der Waals surface area contributed by atoms with Gasteiger partial charge < -0.3 is 24.8 Å². The second kappa shape index (κ2) is 6.58. The van der Waals surface area contributed by atoms with Crippen LogP contribution in [0.2, 0.25) is 0 Å². The third kappa shape index (κ3) is 2.71. The number of amides is 2. The van der Waals surface area contributed by atoms with Crippen molar-refractivity contribution in [1.82, 2.24) is 14.9 Å². The Hall–Kier alpha value is -2.42. The predicted molar refractivity (Wildman–Crippen MR) is 104 cm³/mol. The first kappa shape index (κ1) is 17.7. The molecule has 4 aliphatic rings. The number of hydrogen-bond acceptors (Lipinski definition) is 7. The first-order valence-corrected chi connectivity index (χ1v) is 10.1. The Balaban J connectivity index is 1.31. The first-order chi connectivity index (χ1) is 13.5. The van der Waals surface area contributed by atoms with Crippen LogP contribution in [0.25, 0.3) is 0 Å². The van der Waals surface area contributed by atoms with Gasteiger partial charge in [-0.1, -0.05) is 0 Å². The monoisotopic (exact) mass is 386 g/mol. The van der Waals surface area contributed by atoms with Crippen LogP contribution in [-0.4, -0.2) is 78.2 Å². The van der Waals surface area contributed by atoms with Crippen molar-refractivity contribution in [2.75, 3.05) is 48.4 Å². The molecule has 0 spiro atoms. The van der Waals surface area contributed by atoms with Crippen molar-refractivity contribution in [1.29, 1.82) is 0 Å². The topological polar surface area (TPSA) is 90.9 Å². The summed E-state index contributed by atoms with van der Waals surface area (Å²) in [5, 5.41) is 3.38. The second-order valence-corrected chi connectivity index (χ2v) is 8.13. The molecule has 1 unspecified atom stereocenters. The molecule has 0 bridgehead atoms. The van der Waals surface area contributed by atoms with Gasteiger partial charge in [0, 0.05) is 33.3 Å². The second-order valence-electron chi connectivity index (χ2n) is 8.13. The Bertz CT molecular complexity index is 818. The van der Waals surface area contributed by atoms with Gasteiger partial charge in [0.05, 0.1) is 11.7 Å². The predicted octanol–water partition coefficient (Wildman–Crippen LogP) is 0.396. The lowest BCUT2D eigenvalue weighted by atomic mass is 10.0. The number of nitrogens with zero attached hydrogens (tertiary/aromatic N) is 5. The van der Waals surface area contributed by atoms with Gasteiger partial charge in [-0.25, -0.2) is 4.98 Å². The van der Waals surface area contributed by atoms with Gasteiger partial charge in [-0.2, -0.15) is 4.98 Å². The third-order valence-electron chi connectivity index (χ3n) is 6.27. The summed E-state index contributed by atoms with van der Waals surface area (Å²) in [5.74, 6) is 1.60. The summed E-state index contributed by atoms with van der Waals surface area (Å²) in [5.41, 5.74) is 1.80. The van der Waals surface area contributed by atoms with Crippen LogP contribution in [0.1, 0.15) is 31.9 Å². The Morgan fingerprint density at radius 2 is 2.07 bits per heavy atom. The maximum absolute atomic E-state index is 12.6. The fraction of sp³-hybridized carbons (Fsp3) is 0.684. The zero-order valence-corrected chi connectivity index (χ0v) is 16.3. The summed E-state index contributed by atoms with van der Waals surface area (Å²) in [7, 11) is 1.91. The van der Waals surface area contributed by atoms with E-state index in [1.165, 1.54) is 0 Å². The quantitative estimate of drug-likeness (QED) is 0.804. The maximum Gasteiger partial charge on any atom is 0.251 e. The molecule has 5 rings (SSSR count). The van der Waals surface area contributed by atoms with E-state index in [0.29, 0.717) is 25.6 Å². The SMILES string of the molecule is CC1C(=O)N2CCCc3nc(NC4CN(C(=O)[C@@H]5CCCO5)C4)nc(c32)N1C. The van der Waals surface area contributed by atoms with E-state index in [1.54, 1.807) is 0 Å². The molecule has 0 saturated carbocycles. The van der Waals surface area contributed by atoms with Crippen LogP contribution in [-0.2, 0) is 20.7 Å². The van der Waals surface area contributed by atoms with E-state index in [1.807, 2.05) is 28.7 Å². The van der Waals surface area contributed by atoms with E-state index in [9.17, 15) is 9.59 Å². The molecule has 28 heavy (non-hydrogen) atoms. The highest BCUT2D eigenvalue weighted by Gasteiger charge is 2.40. The number of anilines is 3. The summed E-state index contributed by atoms with van der Waals surface area (Å²) < 4.78 is 5.49. The molecular formula is C19H26N6O3. The van der Waals surface area contributed by atoms with Crippen molar-refractivity contribution in [2.45, 2.75) is 50.8 Å². The van der Waals surface area contributed by atoms with Gasteiger partial charge in [0.1, 0.15) is 17.8 Å². The molecule has 9 nitrogen and oxygen atoms in total. The smallest absolute Gasteiger partial charge is 0.251 e. The van der Waals surface area contributed by atoms with Crippen LogP contribution in [0.5, 0.6) is 0 Å². The first-order valence-electron chi connectivity index (χ1n) is 10.1. The average Bonchev–Trinajstić information content (AvgIpc) is 3.21. The number of aryl methyl sites for hydroxylation is 1. The third-order valence-corrected chi connectivity index (χ3v) is 6.27. The van der Waals surface area contributed by atoms with E-state index in [4.69, 9.17) is 14.7 Å². The van der Waals surface area contributed by atoms with Crippen LogP contribution >= 0.6 is 0 Å². The van der Waals surface area contributed by atoms with Crippen LogP contribution in [0.3, 0.4) is 0 Å². The van der Waals surface area contributed by atoms with Crippen molar-refractivity contribution in [3.05, 3.63) is 5.69 Å². The summed E-state index contributed by atoms with van der Waals surface area (Å²) in [6.45, 7) is 4.62.